The number of ketones is 1. The predicted molar refractivity (Wildman–Crippen MR) is 67.9 cm³/mol. The smallest absolute Gasteiger partial charge is 0.261 e. The minimum absolute atomic E-state index is 0.178. The van der Waals surface area contributed by atoms with Crippen LogP contribution >= 0.6 is 0 Å². The van der Waals surface area contributed by atoms with Gasteiger partial charge in [0.2, 0.25) is 0 Å². The molecule has 1 aromatic rings. The van der Waals surface area contributed by atoms with E-state index in [0.717, 1.165) is 4.90 Å². The Morgan fingerprint density at radius 3 is 2.26 bits per heavy atom. The average Bonchev–Trinajstić information content (AvgIpc) is 2.65. The molecule has 1 aliphatic heterocycles. The van der Waals surface area contributed by atoms with E-state index in [0.29, 0.717) is 24.3 Å². The van der Waals surface area contributed by atoms with E-state index < -0.39 is 11.8 Å². The Morgan fingerprint density at radius 2 is 1.74 bits per heavy atom. The number of Topliss-reactive ketones (excluding diaryl/α,β-unsaturated/α-hetero) is 1. The third-order valence-electron chi connectivity index (χ3n) is 2.94. The molecule has 0 unspecified atom stereocenters. The third kappa shape index (κ3) is 2.71. The van der Waals surface area contributed by atoms with Crippen LogP contribution in [0.1, 0.15) is 34.1 Å². The predicted octanol–water partition coefficient (Wildman–Crippen LogP) is 1.28. The van der Waals surface area contributed by atoms with Crippen LogP contribution in [0.15, 0.2) is 24.3 Å². The van der Waals surface area contributed by atoms with Crippen molar-refractivity contribution in [2.75, 3.05) is 19.8 Å². The Morgan fingerprint density at radius 1 is 1.16 bits per heavy atom. The topological polar surface area (TPSA) is 63.7 Å². The van der Waals surface area contributed by atoms with E-state index in [9.17, 15) is 14.4 Å². The van der Waals surface area contributed by atoms with Gasteiger partial charge in [0.25, 0.3) is 11.8 Å². The molecule has 2 rings (SSSR count). The molecule has 100 valence electrons. The fraction of sp³-hybridized carbons (Fsp3) is 0.357. The number of nitrogens with zero attached hydrogens (tertiary/aromatic N) is 1. The van der Waals surface area contributed by atoms with Crippen LogP contribution in [0.25, 0.3) is 0 Å². The van der Waals surface area contributed by atoms with Crippen molar-refractivity contribution in [2.24, 2.45) is 0 Å². The molecular formula is C14H15NO4. The minimum atomic E-state index is -0.398. The van der Waals surface area contributed by atoms with Gasteiger partial charge in [-0.2, -0.15) is 0 Å². The van der Waals surface area contributed by atoms with Gasteiger partial charge in [-0.15, -0.1) is 0 Å². The van der Waals surface area contributed by atoms with Crippen molar-refractivity contribution in [3.63, 3.8) is 0 Å². The molecule has 0 radical (unpaired) electrons. The van der Waals surface area contributed by atoms with Crippen molar-refractivity contribution in [1.29, 1.82) is 0 Å². The molecule has 0 atom stereocenters. The second-order valence-corrected chi connectivity index (χ2v) is 4.23. The molecule has 19 heavy (non-hydrogen) atoms. The molecule has 0 bridgehead atoms. The van der Waals surface area contributed by atoms with Gasteiger partial charge < -0.3 is 4.74 Å². The largest absolute Gasteiger partial charge is 0.381 e. The summed E-state index contributed by atoms with van der Waals surface area (Å²) < 4.78 is 5.07. The standard InChI is InChI=1S/C14H15NO4/c1-2-19-8-7-10(16)9-15-13(17)11-5-3-4-6-12(11)14(15)18/h3-6H,2,7-9H2,1H3. The van der Waals surface area contributed by atoms with Crippen LogP contribution in [-0.4, -0.2) is 42.3 Å². The molecule has 1 heterocycles. The SMILES string of the molecule is CCOCCC(=O)CN1C(=O)c2ccccc2C1=O. The van der Waals surface area contributed by atoms with E-state index in [2.05, 4.69) is 0 Å². The van der Waals surface area contributed by atoms with Crippen LogP contribution in [0.5, 0.6) is 0 Å². The first kappa shape index (κ1) is 13.4. The van der Waals surface area contributed by atoms with Crippen molar-refractivity contribution < 1.29 is 19.1 Å². The second kappa shape index (κ2) is 5.75. The van der Waals surface area contributed by atoms with Gasteiger partial charge in [0, 0.05) is 13.0 Å². The molecule has 0 spiro atoms. The molecular weight excluding hydrogens is 246 g/mol. The normalized spacial score (nSPS) is 13.8. The van der Waals surface area contributed by atoms with Crippen molar-refractivity contribution in [3.05, 3.63) is 35.4 Å². The van der Waals surface area contributed by atoms with E-state index in [1.54, 1.807) is 24.3 Å². The number of carbonyl (C=O) groups excluding carboxylic acids is 3. The number of amides is 2. The van der Waals surface area contributed by atoms with Crippen LogP contribution in [-0.2, 0) is 9.53 Å². The summed E-state index contributed by atoms with van der Waals surface area (Å²) in [5.41, 5.74) is 0.732. The molecule has 0 saturated heterocycles. The molecule has 2 amide bonds. The number of carbonyl (C=O) groups is 3. The van der Waals surface area contributed by atoms with Gasteiger partial charge in [0.15, 0.2) is 5.78 Å². The highest BCUT2D eigenvalue weighted by Crippen LogP contribution is 2.22. The van der Waals surface area contributed by atoms with Crippen LogP contribution in [0.4, 0.5) is 0 Å². The average molecular weight is 261 g/mol. The monoisotopic (exact) mass is 261 g/mol. The zero-order valence-electron chi connectivity index (χ0n) is 10.7. The molecule has 0 aliphatic carbocycles. The van der Waals surface area contributed by atoms with Gasteiger partial charge in [-0.25, -0.2) is 0 Å². The van der Waals surface area contributed by atoms with E-state index in [-0.39, 0.29) is 18.7 Å². The van der Waals surface area contributed by atoms with Gasteiger partial charge in [-0.05, 0) is 19.1 Å². The third-order valence-corrected chi connectivity index (χ3v) is 2.94. The number of hydrogen-bond acceptors (Lipinski definition) is 4. The van der Waals surface area contributed by atoms with Gasteiger partial charge >= 0.3 is 0 Å². The second-order valence-electron chi connectivity index (χ2n) is 4.23. The van der Waals surface area contributed by atoms with Crippen molar-refractivity contribution in [3.8, 4) is 0 Å². The summed E-state index contributed by atoms with van der Waals surface area (Å²) in [6.45, 7) is 2.52. The first-order chi connectivity index (χ1) is 9.15. The van der Waals surface area contributed by atoms with E-state index >= 15 is 0 Å². The highest BCUT2D eigenvalue weighted by Gasteiger charge is 2.35. The Hall–Kier alpha value is -2.01. The maximum atomic E-state index is 12.0. The van der Waals surface area contributed by atoms with Gasteiger partial charge in [0.1, 0.15) is 0 Å². The fourth-order valence-electron chi connectivity index (χ4n) is 1.97. The number of hydrogen-bond donors (Lipinski definition) is 0. The first-order valence-electron chi connectivity index (χ1n) is 6.19. The summed E-state index contributed by atoms with van der Waals surface area (Å²) in [6, 6.07) is 6.59. The maximum absolute atomic E-state index is 12.0. The van der Waals surface area contributed by atoms with Crippen LogP contribution in [0.2, 0.25) is 0 Å². The van der Waals surface area contributed by atoms with E-state index in [1.807, 2.05) is 6.92 Å². The highest BCUT2D eigenvalue weighted by atomic mass is 16.5. The number of fused-ring (bicyclic) bond motifs is 1. The summed E-state index contributed by atoms with van der Waals surface area (Å²) in [5.74, 6) is -0.973. The maximum Gasteiger partial charge on any atom is 0.261 e. The Kier molecular flexibility index (Phi) is 4.06. The quantitative estimate of drug-likeness (QED) is 0.571. The van der Waals surface area contributed by atoms with Gasteiger partial charge in [-0.3, -0.25) is 19.3 Å². The Labute approximate surface area is 111 Å². The van der Waals surface area contributed by atoms with Crippen LogP contribution in [0.3, 0.4) is 0 Å². The summed E-state index contributed by atoms with van der Waals surface area (Å²) in [7, 11) is 0. The lowest BCUT2D eigenvalue weighted by Crippen LogP contribution is -2.35. The number of ether oxygens (including phenoxy) is 1. The molecule has 5 nitrogen and oxygen atoms in total. The lowest BCUT2D eigenvalue weighted by Gasteiger charge is -2.12. The summed E-state index contributed by atoms with van der Waals surface area (Å²) in [5, 5.41) is 0. The molecule has 0 aromatic heterocycles. The Balaban J connectivity index is 2.02. The molecule has 5 heteroatoms. The van der Waals surface area contributed by atoms with Crippen molar-refractivity contribution in [2.45, 2.75) is 13.3 Å². The first-order valence-corrected chi connectivity index (χ1v) is 6.19. The fourth-order valence-corrected chi connectivity index (χ4v) is 1.97. The molecule has 1 aromatic carbocycles. The van der Waals surface area contributed by atoms with E-state index in [1.165, 1.54) is 0 Å². The Bertz CT molecular complexity index is 489. The van der Waals surface area contributed by atoms with Crippen LogP contribution < -0.4 is 0 Å². The van der Waals surface area contributed by atoms with Gasteiger partial charge in [-0.1, -0.05) is 12.1 Å². The molecule has 1 aliphatic rings. The molecule has 0 N–H and O–H groups in total. The minimum Gasteiger partial charge on any atom is -0.381 e. The van der Waals surface area contributed by atoms with E-state index in [4.69, 9.17) is 4.74 Å². The molecule has 0 fully saturated rings. The lowest BCUT2D eigenvalue weighted by atomic mass is 10.1. The zero-order chi connectivity index (χ0) is 13.8. The lowest BCUT2D eigenvalue weighted by molar-refractivity contribution is -0.120. The summed E-state index contributed by atoms with van der Waals surface area (Å²) in [4.78, 5) is 36.7. The number of rotatable bonds is 6. The van der Waals surface area contributed by atoms with Gasteiger partial charge in [0.05, 0.1) is 24.3 Å². The number of benzene rings is 1. The summed E-state index contributed by atoms with van der Waals surface area (Å²) >= 11 is 0. The highest BCUT2D eigenvalue weighted by molar-refractivity contribution is 6.22. The number of imide groups is 1. The van der Waals surface area contributed by atoms with Crippen molar-refractivity contribution >= 4 is 17.6 Å². The zero-order valence-corrected chi connectivity index (χ0v) is 10.7. The van der Waals surface area contributed by atoms with Crippen molar-refractivity contribution in [1.82, 2.24) is 4.90 Å². The van der Waals surface area contributed by atoms with Crippen LogP contribution in [0, 0.1) is 0 Å². The summed E-state index contributed by atoms with van der Waals surface area (Å²) in [6.07, 6.45) is 0.210. The molecule has 0 saturated carbocycles.